The summed E-state index contributed by atoms with van der Waals surface area (Å²) in [5.41, 5.74) is 2.01. The van der Waals surface area contributed by atoms with E-state index in [9.17, 15) is 0 Å². The fraction of sp³-hybridized carbons (Fsp3) is 0.591. The fourth-order valence-corrected chi connectivity index (χ4v) is 3.70. The first kappa shape index (κ1) is 21.4. The van der Waals surface area contributed by atoms with Crippen molar-refractivity contribution in [3.8, 4) is 16.9 Å². The molecule has 0 aliphatic carbocycles. The molecule has 1 aromatic carbocycles. The van der Waals surface area contributed by atoms with Gasteiger partial charge >= 0.3 is 7.12 Å². The van der Waals surface area contributed by atoms with Gasteiger partial charge in [0.05, 0.1) is 17.4 Å². The van der Waals surface area contributed by atoms with Gasteiger partial charge in [-0.25, -0.2) is 4.68 Å². The number of aromatic nitrogens is 2. The number of hydrogen-bond donors (Lipinski definition) is 0. The van der Waals surface area contributed by atoms with Gasteiger partial charge in [-0.2, -0.15) is 5.10 Å². The Morgan fingerprint density at radius 2 is 1.90 bits per heavy atom. The minimum absolute atomic E-state index is 0.0146. The standard InChI is InChI=1S/C22H31BN2O5/c1-21(2)22(3,4)30-23(29-21)18-10-9-16(12-19(18)28-15-26-5)17-13-24-25(14-17)20-8-6-7-11-27-20/h9-10,12-14,20H,6-8,11,15H2,1-5H3. The summed E-state index contributed by atoms with van der Waals surface area (Å²) in [5, 5.41) is 4.52. The van der Waals surface area contributed by atoms with Crippen molar-refractivity contribution in [3.05, 3.63) is 30.6 Å². The molecular weight excluding hydrogens is 383 g/mol. The second kappa shape index (κ2) is 8.34. The lowest BCUT2D eigenvalue weighted by Gasteiger charge is -2.32. The Hall–Kier alpha value is -1.87. The molecule has 0 bridgehead atoms. The highest BCUT2D eigenvalue weighted by atomic mass is 16.7. The van der Waals surface area contributed by atoms with Gasteiger partial charge in [-0.3, -0.25) is 0 Å². The zero-order valence-corrected chi connectivity index (χ0v) is 18.5. The number of rotatable bonds is 6. The van der Waals surface area contributed by atoms with Gasteiger partial charge < -0.3 is 23.5 Å². The Kier molecular flexibility index (Phi) is 5.94. The van der Waals surface area contributed by atoms with Crippen LogP contribution in [0.25, 0.3) is 11.1 Å². The van der Waals surface area contributed by atoms with Crippen LogP contribution in [0.15, 0.2) is 30.6 Å². The fourth-order valence-electron chi connectivity index (χ4n) is 3.70. The maximum Gasteiger partial charge on any atom is 0.498 e. The Morgan fingerprint density at radius 3 is 2.57 bits per heavy atom. The summed E-state index contributed by atoms with van der Waals surface area (Å²) in [4.78, 5) is 0. The van der Waals surface area contributed by atoms with Crippen molar-refractivity contribution in [1.29, 1.82) is 0 Å². The number of hydrogen-bond acceptors (Lipinski definition) is 6. The van der Waals surface area contributed by atoms with Crippen molar-refractivity contribution in [3.63, 3.8) is 0 Å². The first-order valence-corrected chi connectivity index (χ1v) is 10.6. The van der Waals surface area contributed by atoms with Gasteiger partial charge in [0.1, 0.15) is 12.0 Å². The molecule has 2 aliphatic rings. The second-order valence-electron chi connectivity index (χ2n) is 8.92. The Labute approximate surface area is 178 Å². The molecule has 30 heavy (non-hydrogen) atoms. The van der Waals surface area contributed by atoms with Crippen LogP contribution in [0.1, 0.15) is 53.2 Å². The van der Waals surface area contributed by atoms with Gasteiger partial charge in [0.15, 0.2) is 6.79 Å². The van der Waals surface area contributed by atoms with Crippen LogP contribution in [0.5, 0.6) is 5.75 Å². The Bertz CT molecular complexity index is 860. The molecule has 4 rings (SSSR count). The smallest absolute Gasteiger partial charge is 0.468 e. The van der Waals surface area contributed by atoms with Gasteiger partial charge in [-0.15, -0.1) is 0 Å². The Balaban J connectivity index is 1.61. The number of methoxy groups -OCH3 is 1. The molecule has 162 valence electrons. The molecule has 2 fully saturated rings. The highest BCUT2D eigenvalue weighted by Gasteiger charge is 2.52. The molecule has 1 unspecified atom stereocenters. The summed E-state index contributed by atoms with van der Waals surface area (Å²) in [5.74, 6) is 0.675. The van der Waals surface area contributed by atoms with Crippen molar-refractivity contribution < 1.29 is 23.5 Å². The number of nitrogens with zero attached hydrogens (tertiary/aromatic N) is 2. The third kappa shape index (κ3) is 4.14. The van der Waals surface area contributed by atoms with Crippen molar-refractivity contribution in [2.75, 3.05) is 20.5 Å². The topological polar surface area (TPSA) is 64.0 Å². The van der Waals surface area contributed by atoms with Gasteiger partial charge in [0.25, 0.3) is 0 Å². The van der Waals surface area contributed by atoms with Crippen LogP contribution in [-0.4, -0.2) is 48.6 Å². The minimum atomic E-state index is -0.505. The van der Waals surface area contributed by atoms with E-state index in [4.69, 9.17) is 23.5 Å². The van der Waals surface area contributed by atoms with E-state index in [0.717, 1.165) is 42.5 Å². The normalized spacial score (nSPS) is 23.0. The molecule has 0 radical (unpaired) electrons. The summed E-state index contributed by atoms with van der Waals surface area (Å²) in [7, 11) is 1.10. The van der Waals surface area contributed by atoms with Gasteiger partial charge in [0.2, 0.25) is 0 Å². The second-order valence-corrected chi connectivity index (χ2v) is 8.92. The zero-order valence-electron chi connectivity index (χ0n) is 18.5. The van der Waals surface area contributed by atoms with Crippen molar-refractivity contribution in [1.82, 2.24) is 9.78 Å². The largest absolute Gasteiger partial charge is 0.498 e. The van der Waals surface area contributed by atoms with Crippen molar-refractivity contribution in [2.24, 2.45) is 0 Å². The first-order valence-electron chi connectivity index (χ1n) is 10.6. The summed E-state index contributed by atoms with van der Waals surface area (Å²) < 4.78 is 31.2. The maximum atomic E-state index is 6.22. The molecule has 0 spiro atoms. The summed E-state index contributed by atoms with van der Waals surface area (Å²) in [6, 6.07) is 6.03. The Morgan fingerprint density at radius 1 is 1.13 bits per heavy atom. The predicted molar refractivity (Wildman–Crippen MR) is 115 cm³/mol. The van der Waals surface area contributed by atoms with Gasteiger partial charge in [-0.1, -0.05) is 12.1 Å². The van der Waals surface area contributed by atoms with Gasteiger partial charge in [-0.05, 0) is 58.6 Å². The van der Waals surface area contributed by atoms with Crippen LogP contribution < -0.4 is 10.2 Å². The van der Waals surface area contributed by atoms with Crippen molar-refractivity contribution in [2.45, 2.75) is 64.4 Å². The van der Waals surface area contributed by atoms with E-state index in [1.165, 1.54) is 0 Å². The summed E-state index contributed by atoms with van der Waals surface area (Å²) >= 11 is 0. The quantitative estimate of drug-likeness (QED) is 0.532. The molecule has 1 atom stereocenters. The lowest BCUT2D eigenvalue weighted by Crippen LogP contribution is -2.41. The molecule has 0 saturated carbocycles. The van der Waals surface area contributed by atoms with E-state index in [1.807, 2.05) is 63.0 Å². The molecule has 2 aliphatic heterocycles. The van der Waals surface area contributed by atoms with Crippen LogP contribution in [0.3, 0.4) is 0 Å². The molecule has 0 N–H and O–H groups in total. The summed E-state index contributed by atoms with van der Waals surface area (Å²) in [6.45, 7) is 9.10. The van der Waals surface area contributed by atoms with Crippen LogP contribution >= 0.6 is 0 Å². The van der Waals surface area contributed by atoms with E-state index in [-0.39, 0.29) is 13.0 Å². The third-order valence-electron chi connectivity index (χ3n) is 6.24. The lowest BCUT2D eigenvalue weighted by atomic mass is 9.77. The SMILES string of the molecule is COCOc1cc(-c2cnn(C3CCCCO3)c2)ccc1B1OC(C)(C)C(C)(C)O1. The molecule has 1 aromatic heterocycles. The maximum absolute atomic E-state index is 6.22. The average Bonchev–Trinajstić information content (AvgIpc) is 3.29. The lowest BCUT2D eigenvalue weighted by molar-refractivity contribution is -0.0394. The van der Waals surface area contributed by atoms with Crippen LogP contribution in [0, 0.1) is 0 Å². The van der Waals surface area contributed by atoms with E-state index in [1.54, 1.807) is 7.11 Å². The van der Waals surface area contributed by atoms with E-state index in [0.29, 0.717) is 5.75 Å². The molecular formula is C22H31BN2O5. The van der Waals surface area contributed by atoms with Crippen LogP contribution in [0.4, 0.5) is 0 Å². The van der Waals surface area contributed by atoms with Crippen molar-refractivity contribution >= 4 is 12.6 Å². The molecule has 8 heteroatoms. The van der Waals surface area contributed by atoms with E-state index < -0.39 is 18.3 Å². The zero-order chi connectivity index (χ0) is 21.4. The average molecular weight is 414 g/mol. The van der Waals surface area contributed by atoms with Crippen LogP contribution in [-0.2, 0) is 18.8 Å². The third-order valence-corrected chi connectivity index (χ3v) is 6.24. The number of ether oxygens (including phenoxy) is 3. The monoisotopic (exact) mass is 414 g/mol. The molecule has 2 aromatic rings. The van der Waals surface area contributed by atoms with Crippen LogP contribution in [0.2, 0.25) is 0 Å². The predicted octanol–water partition coefficient (Wildman–Crippen LogP) is 3.53. The van der Waals surface area contributed by atoms with E-state index in [2.05, 4.69) is 5.10 Å². The number of benzene rings is 1. The van der Waals surface area contributed by atoms with Gasteiger partial charge in [0, 0.05) is 30.9 Å². The minimum Gasteiger partial charge on any atom is -0.468 e. The molecule has 7 nitrogen and oxygen atoms in total. The summed E-state index contributed by atoms with van der Waals surface area (Å²) in [6.07, 6.45) is 7.18. The first-order chi connectivity index (χ1) is 14.3. The highest BCUT2D eigenvalue weighted by molar-refractivity contribution is 6.63. The molecule has 3 heterocycles. The van der Waals surface area contributed by atoms with E-state index >= 15 is 0 Å². The highest BCUT2D eigenvalue weighted by Crippen LogP contribution is 2.37. The molecule has 0 amide bonds. The molecule has 2 saturated heterocycles.